The van der Waals surface area contributed by atoms with Crippen LogP contribution in [0.15, 0.2) is 0 Å². The molecule has 0 aromatic carbocycles. The van der Waals surface area contributed by atoms with E-state index in [9.17, 15) is 29.1 Å². The lowest BCUT2D eigenvalue weighted by Gasteiger charge is -2.51. The van der Waals surface area contributed by atoms with E-state index >= 15 is 0 Å². The summed E-state index contributed by atoms with van der Waals surface area (Å²) in [6.07, 6.45) is -5.48. The molecule has 1 heterocycles. The highest BCUT2D eigenvalue weighted by atomic mass is 16.7. The largest absolute Gasteiger partial charge is 0.466 e. The Morgan fingerprint density at radius 3 is 1.88 bits per heavy atom. The Labute approximate surface area is 198 Å². The Kier molecular flexibility index (Phi) is 11.4. The number of carbonyl (C=O) groups excluding carboxylic acids is 5. The van der Waals surface area contributed by atoms with Gasteiger partial charge in [0.25, 0.3) is 0 Å². The molecule has 12 nitrogen and oxygen atoms in total. The minimum absolute atomic E-state index is 0.00926. The third kappa shape index (κ3) is 7.66. The van der Waals surface area contributed by atoms with Gasteiger partial charge in [-0.25, -0.2) is 0 Å². The lowest BCUT2D eigenvalue weighted by molar-refractivity contribution is -0.342. The molecular weight excluding hydrogens is 456 g/mol. The molecule has 1 rings (SSSR count). The summed E-state index contributed by atoms with van der Waals surface area (Å²) in [4.78, 5) is 60.5. The fourth-order valence-electron chi connectivity index (χ4n) is 3.88. The van der Waals surface area contributed by atoms with E-state index in [1.54, 1.807) is 6.92 Å². The average molecular weight is 491 g/mol. The van der Waals surface area contributed by atoms with E-state index in [2.05, 4.69) is 0 Å². The molecule has 1 saturated heterocycles. The molecule has 1 aliphatic rings. The van der Waals surface area contributed by atoms with Crippen molar-refractivity contribution in [3.63, 3.8) is 0 Å². The quantitative estimate of drug-likeness (QED) is 0.321. The maximum Gasteiger partial charge on any atom is 0.312 e. The van der Waals surface area contributed by atoms with Gasteiger partial charge in [-0.1, -0.05) is 19.8 Å². The normalized spacial score (nSPS) is 27.1. The predicted molar refractivity (Wildman–Crippen MR) is 113 cm³/mol. The van der Waals surface area contributed by atoms with Crippen molar-refractivity contribution < 1.29 is 57.5 Å². The van der Waals surface area contributed by atoms with Gasteiger partial charge in [0.1, 0.15) is 6.61 Å². The number of esters is 5. The maximum atomic E-state index is 13.1. The van der Waals surface area contributed by atoms with Crippen LogP contribution in [0.3, 0.4) is 0 Å². The highest BCUT2D eigenvalue weighted by Gasteiger charge is 2.64. The number of hydrogen-bond donors (Lipinski definition) is 1. The predicted octanol–water partition coefficient (Wildman–Crippen LogP) is 0.802. The molecule has 0 spiro atoms. The first-order chi connectivity index (χ1) is 15.9. The lowest BCUT2D eigenvalue weighted by Crippen LogP contribution is -2.72. The number of carbonyl (C=O) groups is 5. The van der Waals surface area contributed by atoms with E-state index in [0.29, 0.717) is 12.8 Å². The van der Waals surface area contributed by atoms with Gasteiger partial charge in [0, 0.05) is 27.7 Å². The minimum Gasteiger partial charge on any atom is -0.466 e. The van der Waals surface area contributed by atoms with Crippen LogP contribution in [0.4, 0.5) is 0 Å². The van der Waals surface area contributed by atoms with Crippen LogP contribution in [0, 0.1) is 5.92 Å². The molecule has 0 aromatic heterocycles. The molecule has 34 heavy (non-hydrogen) atoms. The van der Waals surface area contributed by atoms with Crippen molar-refractivity contribution in [2.75, 3.05) is 13.2 Å². The molecule has 0 radical (unpaired) electrons. The molecule has 0 aliphatic carbocycles. The van der Waals surface area contributed by atoms with Crippen molar-refractivity contribution in [3.05, 3.63) is 0 Å². The zero-order valence-corrected chi connectivity index (χ0v) is 20.4. The van der Waals surface area contributed by atoms with E-state index in [1.807, 2.05) is 6.92 Å². The maximum absolute atomic E-state index is 13.1. The molecule has 1 aliphatic heterocycles. The van der Waals surface area contributed by atoms with Gasteiger partial charge >= 0.3 is 29.8 Å². The van der Waals surface area contributed by atoms with Gasteiger partial charge in [-0.2, -0.15) is 0 Å². The minimum atomic E-state index is -2.03. The van der Waals surface area contributed by atoms with Gasteiger partial charge < -0.3 is 33.5 Å². The zero-order chi connectivity index (χ0) is 26.1. The zero-order valence-electron chi connectivity index (χ0n) is 20.4. The molecule has 1 N–H and O–H groups in total. The van der Waals surface area contributed by atoms with E-state index in [-0.39, 0.29) is 13.0 Å². The first-order valence-electron chi connectivity index (χ1n) is 11.1. The average Bonchev–Trinajstić information content (AvgIpc) is 2.71. The van der Waals surface area contributed by atoms with Crippen LogP contribution < -0.4 is 0 Å². The third-order valence-electron chi connectivity index (χ3n) is 5.13. The van der Waals surface area contributed by atoms with Crippen LogP contribution >= 0.6 is 0 Å². The van der Waals surface area contributed by atoms with Crippen LogP contribution in [0.1, 0.15) is 60.8 Å². The van der Waals surface area contributed by atoms with Gasteiger partial charge in [-0.3, -0.25) is 24.0 Å². The first-order valence-corrected chi connectivity index (χ1v) is 11.1. The number of aliphatic hydroxyl groups excluding tert-OH is 1. The van der Waals surface area contributed by atoms with Crippen LogP contribution in [0.25, 0.3) is 0 Å². The van der Waals surface area contributed by atoms with E-state index < -0.39 is 72.6 Å². The second kappa shape index (κ2) is 13.2. The smallest absolute Gasteiger partial charge is 0.312 e. The van der Waals surface area contributed by atoms with Crippen molar-refractivity contribution in [1.82, 2.24) is 0 Å². The van der Waals surface area contributed by atoms with Gasteiger partial charge in [0.15, 0.2) is 30.2 Å². The molecule has 0 saturated carbocycles. The molecule has 12 heteroatoms. The van der Waals surface area contributed by atoms with Crippen molar-refractivity contribution in [1.29, 1.82) is 0 Å². The summed E-state index contributed by atoms with van der Waals surface area (Å²) < 4.78 is 32.1. The van der Waals surface area contributed by atoms with Gasteiger partial charge in [-0.05, 0) is 13.3 Å². The van der Waals surface area contributed by atoms with Crippen molar-refractivity contribution in [3.8, 4) is 0 Å². The molecule has 194 valence electrons. The van der Waals surface area contributed by atoms with Gasteiger partial charge in [0.05, 0.1) is 12.5 Å². The van der Waals surface area contributed by atoms with E-state index in [0.717, 1.165) is 27.7 Å². The summed E-state index contributed by atoms with van der Waals surface area (Å²) in [6, 6.07) is 0. The lowest BCUT2D eigenvalue weighted by atomic mass is 9.74. The Morgan fingerprint density at radius 1 is 0.853 bits per heavy atom. The standard InChI is InChI=1S/C22H34O12/c1-7-9-10-16(20(27)29-8-2)22(11-30-12(3)23)19(33-15(6)26)17(31-13(4)24)18(21(28)34-22)32-14(5)25/h16-19,21,28H,7-11H2,1-6H3/t16?,17-,18-,19+,21+,22+/m1/s1. The number of hydrogen-bond acceptors (Lipinski definition) is 12. The van der Waals surface area contributed by atoms with Crippen LogP contribution in [0.2, 0.25) is 0 Å². The Hall–Kier alpha value is -2.73. The number of aliphatic hydroxyl groups is 1. The van der Waals surface area contributed by atoms with Crippen LogP contribution in [-0.4, -0.2) is 78.4 Å². The molecule has 0 amide bonds. The Balaban J connectivity index is 3.80. The van der Waals surface area contributed by atoms with Crippen LogP contribution in [0.5, 0.6) is 0 Å². The second-order valence-electron chi connectivity index (χ2n) is 7.87. The number of rotatable bonds is 11. The first kappa shape index (κ1) is 29.3. The van der Waals surface area contributed by atoms with Gasteiger partial charge in [-0.15, -0.1) is 0 Å². The Bertz CT molecular complexity index is 750. The summed E-state index contributed by atoms with van der Waals surface area (Å²) in [5.41, 5.74) is -2.03. The monoisotopic (exact) mass is 490 g/mol. The highest BCUT2D eigenvalue weighted by Crippen LogP contribution is 2.42. The molecule has 1 fully saturated rings. The topological polar surface area (TPSA) is 161 Å². The number of unbranched alkanes of at least 4 members (excludes halogenated alkanes) is 1. The van der Waals surface area contributed by atoms with Crippen molar-refractivity contribution in [2.45, 2.75) is 91.0 Å². The molecule has 0 bridgehead atoms. The fraction of sp³-hybridized carbons (Fsp3) is 0.773. The highest BCUT2D eigenvalue weighted by molar-refractivity contribution is 5.75. The van der Waals surface area contributed by atoms with Crippen molar-refractivity contribution >= 4 is 29.8 Å². The van der Waals surface area contributed by atoms with E-state index in [4.69, 9.17) is 28.4 Å². The molecular formula is C22H34O12. The summed E-state index contributed by atoms with van der Waals surface area (Å²) in [7, 11) is 0. The summed E-state index contributed by atoms with van der Waals surface area (Å²) in [5, 5.41) is 10.8. The third-order valence-corrected chi connectivity index (χ3v) is 5.13. The Morgan fingerprint density at radius 2 is 1.41 bits per heavy atom. The molecule has 1 unspecified atom stereocenters. The van der Waals surface area contributed by atoms with Crippen LogP contribution in [-0.2, 0) is 52.4 Å². The van der Waals surface area contributed by atoms with E-state index in [1.165, 1.54) is 0 Å². The fourth-order valence-corrected chi connectivity index (χ4v) is 3.88. The molecule has 0 aromatic rings. The second-order valence-corrected chi connectivity index (χ2v) is 7.87. The SMILES string of the molecule is CCCCC(C(=O)OCC)[C@]1(COC(C)=O)O[C@H](O)[C@H](OC(C)=O)[C@@H](OC(C)=O)[C@@H]1OC(C)=O. The van der Waals surface area contributed by atoms with Gasteiger partial charge in [0.2, 0.25) is 0 Å². The van der Waals surface area contributed by atoms with Crippen molar-refractivity contribution in [2.24, 2.45) is 5.92 Å². The summed E-state index contributed by atoms with van der Waals surface area (Å²) in [6.45, 7) is 7.12. The summed E-state index contributed by atoms with van der Waals surface area (Å²) >= 11 is 0. The molecule has 6 atom stereocenters. The summed E-state index contributed by atoms with van der Waals surface area (Å²) in [5.74, 6) is -5.28. The number of ether oxygens (including phenoxy) is 6.